The van der Waals surface area contributed by atoms with E-state index in [4.69, 9.17) is 5.11 Å². The molecular formula is C11H14NO3. The number of carbonyl (C=O) groups excluding carboxylic acids is 1. The summed E-state index contributed by atoms with van der Waals surface area (Å²) in [5.74, 6) is -0.543. The van der Waals surface area contributed by atoms with E-state index in [1.54, 1.807) is 31.2 Å². The van der Waals surface area contributed by atoms with Crippen molar-refractivity contribution in [2.45, 2.75) is 13.5 Å². The third-order valence-electron chi connectivity index (χ3n) is 2.10. The summed E-state index contributed by atoms with van der Waals surface area (Å²) in [5.41, 5.74) is 0.888. The number of aromatic hydroxyl groups is 1. The van der Waals surface area contributed by atoms with Crippen LogP contribution in [0.1, 0.15) is 12.5 Å². The van der Waals surface area contributed by atoms with Crippen molar-refractivity contribution in [3.8, 4) is 5.75 Å². The Morgan fingerprint density at radius 1 is 1.40 bits per heavy atom. The second-order valence-corrected chi connectivity index (χ2v) is 3.45. The van der Waals surface area contributed by atoms with Gasteiger partial charge in [-0.15, -0.1) is 0 Å². The molecule has 0 saturated heterocycles. The fraction of sp³-hybridized carbons (Fsp3) is 0.364. The molecule has 0 bridgehead atoms. The van der Waals surface area contributed by atoms with Crippen LogP contribution in [0.15, 0.2) is 24.3 Å². The number of nitrogens with one attached hydrogen (secondary N) is 1. The van der Waals surface area contributed by atoms with Crippen LogP contribution >= 0.6 is 0 Å². The van der Waals surface area contributed by atoms with Crippen molar-refractivity contribution < 1.29 is 15.0 Å². The average Bonchev–Trinajstić information content (AvgIpc) is 2.26. The van der Waals surface area contributed by atoms with Gasteiger partial charge in [0.1, 0.15) is 5.75 Å². The topological polar surface area (TPSA) is 69.2 Å². The molecule has 1 rings (SSSR count). The van der Waals surface area contributed by atoms with E-state index in [9.17, 15) is 9.90 Å². The third kappa shape index (κ3) is 3.59. The average molecular weight is 208 g/mol. The molecular weight excluding hydrogens is 194 g/mol. The molecule has 0 spiro atoms. The Bertz CT molecular complexity index is 321. The monoisotopic (exact) mass is 208 g/mol. The zero-order chi connectivity index (χ0) is 11.3. The zero-order valence-electron chi connectivity index (χ0n) is 8.56. The summed E-state index contributed by atoms with van der Waals surface area (Å²) in [5, 5.41) is 22.1. The van der Waals surface area contributed by atoms with Crippen LogP contribution in [-0.4, -0.2) is 17.6 Å². The summed E-state index contributed by atoms with van der Waals surface area (Å²) in [6.45, 7) is 1.57. The van der Waals surface area contributed by atoms with Gasteiger partial charge < -0.3 is 10.4 Å². The Morgan fingerprint density at radius 3 is 2.53 bits per heavy atom. The number of hydrogen-bond donors (Lipinski definition) is 2. The van der Waals surface area contributed by atoms with Gasteiger partial charge in [0.05, 0.1) is 12.5 Å². The lowest BCUT2D eigenvalue weighted by molar-refractivity contribution is -0.126. The second kappa shape index (κ2) is 5.36. The highest BCUT2D eigenvalue weighted by atomic mass is 16.3. The van der Waals surface area contributed by atoms with E-state index in [2.05, 4.69) is 5.32 Å². The molecule has 1 amide bonds. The number of phenols is 1. The Morgan fingerprint density at radius 2 is 2.00 bits per heavy atom. The van der Waals surface area contributed by atoms with Crippen molar-refractivity contribution in [2.75, 3.05) is 6.61 Å². The number of carbonyl (C=O) groups is 1. The number of benzene rings is 1. The highest BCUT2D eigenvalue weighted by molar-refractivity contribution is 5.78. The molecule has 81 valence electrons. The minimum Gasteiger partial charge on any atom is -0.508 e. The predicted molar refractivity (Wildman–Crippen MR) is 54.7 cm³/mol. The first-order valence-electron chi connectivity index (χ1n) is 4.77. The van der Waals surface area contributed by atoms with Crippen molar-refractivity contribution in [1.82, 2.24) is 5.32 Å². The number of rotatable bonds is 4. The molecule has 0 aliphatic heterocycles. The molecule has 0 heterocycles. The summed E-state index contributed by atoms with van der Waals surface area (Å²) in [4.78, 5) is 11.3. The van der Waals surface area contributed by atoms with Gasteiger partial charge in [-0.3, -0.25) is 4.79 Å². The maximum absolute atomic E-state index is 11.3. The van der Waals surface area contributed by atoms with Gasteiger partial charge in [0.15, 0.2) is 0 Å². The van der Waals surface area contributed by atoms with Crippen LogP contribution in [-0.2, 0) is 16.4 Å². The van der Waals surface area contributed by atoms with Gasteiger partial charge in [-0.1, -0.05) is 19.1 Å². The van der Waals surface area contributed by atoms with Crippen LogP contribution in [0.5, 0.6) is 5.75 Å². The van der Waals surface area contributed by atoms with Gasteiger partial charge in [-0.05, 0) is 17.7 Å². The first-order chi connectivity index (χ1) is 7.13. The molecule has 0 saturated carbocycles. The molecule has 1 atom stereocenters. The van der Waals surface area contributed by atoms with Crippen LogP contribution in [0, 0.1) is 5.92 Å². The number of phenolic OH excluding ortho intramolecular Hbond substituents is 1. The SMILES string of the molecule is CC(C[O])C(=O)NCc1ccc(O)cc1. The quantitative estimate of drug-likeness (QED) is 0.777. The molecule has 15 heavy (non-hydrogen) atoms. The standard InChI is InChI=1S/C11H14NO3/c1-8(7-13)11(15)12-6-9-2-4-10(14)5-3-9/h2-5,8,14H,6-7H2,1H3,(H,12,15). The van der Waals surface area contributed by atoms with Crippen molar-refractivity contribution in [3.05, 3.63) is 29.8 Å². The summed E-state index contributed by atoms with van der Waals surface area (Å²) < 4.78 is 0. The zero-order valence-corrected chi connectivity index (χ0v) is 8.56. The smallest absolute Gasteiger partial charge is 0.225 e. The van der Waals surface area contributed by atoms with Crippen molar-refractivity contribution in [2.24, 2.45) is 5.92 Å². The minimum absolute atomic E-state index is 0.193. The van der Waals surface area contributed by atoms with Crippen LogP contribution in [0.4, 0.5) is 0 Å². The van der Waals surface area contributed by atoms with Gasteiger partial charge in [0.2, 0.25) is 5.91 Å². The Balaban J connectivity index is 2.43. The normalized spacial score (nSPS) is 12.1. The molecule has 2 N–H and O–H groups in total. The first-order valence-corrected chi connectivity index (χ1v) is 4.77. The van der Waals surface area contributed by atoms with Crippen LogP contribution in [0.3, 0.4) is 0 Å². The number of amides is 1. The van der Waals surface area contributed by atoms with E-state index in [-0.39, 0.29) is 11.7 Å². The molecule has 0 fully saturated rings. The Labute approximate surface area is 88.6 Å². The molecule has 1 aromatic rings. The molecule has 1 radical (unpaired) electrons. The van der Waals surface area contributed by atoms with Gasteiger partial charge in [-0.25, -0.2) is 5.11 Å². The summed E-state index contributed by atoms with van der Waals surface area (Å²) >= 11 is 0. The van der Waals surface area contributed by atoms with Crippen LogP contribution < -0.4 is 5.32 Å². The predicted octanol–water partition coefficient (Wildman–Crippen LogP) is 1.07. The van der Waals surface area contributed by atoms with Crippen molar-refractivity contribution in [3.63, 3.8) is 0 Å². The van der Waals surface area contributed by atoms with Gasteiger partial charge in [-0.2, -0.15) is 0 Å². The van der Waals surface area contributed by atoms with Crippen molar-refractivity contribution in [1.29, 1.82) is 0 Å². The van der Waals surface area contributed by atoms with E-state index in [1.165, 1.54) is 0 Å². The number of hydrogen-bond acceptors (Lipinski definition) is 2. The molecule has 0 aliphatic rings. The van der Waals surface area contributed by atoms with E-state index in [0.717, 1.165) is 5.56 Å². The first kappa shape index (κ1) is 11.5. The van der Waals surface area contributed by atoms with E-state index in [1.807, 2.05) is 0 Å². The fourth-order valence-corrected chi connectivity index (χ4v) is 1.05. The summed E-state index contributed by atoms with van der Waals surface area (Å²) in [6, 6.07) is 6.55. The van der Waals surface area contributed by atoms with Crippen molar-refractivity contribution >= 4 is 5.91 Å². The summed E-state index contributed by atoms with van der Waals surface area (Å²) in [6.07, 6.45) is 0. The maximum Gasteiger partial charge on any atom is 0.225 e. The lowest BCUT2D eigenvalue weighted by atomic mass is 10.1. The minimum atomic E-state index is -0.498. The second-order valence-electron chi connectivity index (χ2n) is 3.45. The molecule has 0 aromatic heterocycles. The third-order valence-corrected chi connectivity index (χ3v) is 2.10. The fourth-order valence-electron chi connectivity index (χ4n) is 1.05. The largest absolute Gasteiger partial charge is 0.508 e. The van der Waals surface area contributed by atoms with E-state index < -0.39 is 12.5 Å². The molecule has 4 heteroatoms. The van der Waals surface area contributed by atoms with Gasteiger partial charge >= 0.3 is 0 Å². The summed E-state index contributed by atoms with van der Waals surface area (Å²) in [7, 11) is 0. The molecule has 1 unspecified atom stereocenters. The van der Waals surface area contributed by atoms with Gasteiger partial charge in [0, 0.05) is 6.54 Å². The van der Waals surface area contributed by atoms with Crippen LogP contribution in [0.2, 0.25) is 0 Å². The van der Waals surface area contributed by atoms with Gasteiger partial charge in [0.25, 0.3) is 0 Å². The Hall–Kier alpha value is -1.55. The molecule has 4 nitrogen and oxygen atoms in total. The highest BCUT2D eigenvalue weighted by Gasteiger charge is 2.10. The maximum atomic E-state index is 11.3. The highest BCUT2D eigenvalue weighted by Crippen LogP contribution is 2.09. The molecule has 0 aliphatic carbocycles. The van der Waals surface area contributed by atoms with Crippen LogP contribution in [0.25, 0.3) is 0 Å². The van der Waals surface area contributed by atoms with E-state index in [0.29, 0.717) is 6.54 Å². The lowest BCUT2D eigenvalue weighted by Gasteiger charge is -2.08. The molecule has 1 aromatic carbocycles. The van der Waals surface area contributed by atoms with E-state index >= 15 is 0 Å². The lowest BCUT2D eigenvalue weighted by Crippen LogP contribution is -2.30. The Kier molecular flexibility index (Phi) is 4.12.